The lowest BCUT2D eigenvalue weighted by molar-refractivity contribution is -0.112. The molecule has 0 saturated carbocycles. The van der Waals surface area contributed by atoms with Gasteiger partial charge in [0.1, 0.15) is 18.2 Å². The van der Waals surface area contributed by atoms with Gasteiger partial charge in [-0.2, -0.15) is 5.26 Å². The van der Waals surface area contributed by atoms with Gasteiger partial charge in [-0.3, -0.25) is 10.1 Å². The first kappa shape index (κ1) is 23.3. The lowest BCUT2D eigenvalue weighted by Crippen LogP contribution is -2.17. The number of hydrogen-bond acceptors (Lipinski definition) is 8. The van der Waals surface area contributed by atoms with Crippen LogP contribution in [0, 0.1) is 18.3 Å². The van der Waals surface area contributed by atoms with Crippen molar-refractivity contribution in [1.82, 2.24) is 14.8 Å². The van der Waals surface area contributed by atoms with Gasteiger partial charge in [0.15, 0.2) is 11.5 Å². The molecule has 9 nitrogen and oxygen atoms in total. The molecule has 0 bridgehead atoms. The molecular weight excluding hydrogens is 452 g/mol. The van der Waals surface area contributed by atoms with Crippen molar-refractivity contribution in [3.8, 4) is 17.6 Å². The highest BCUT2D eigenvalue weighted by Gasteiger charge is 2.19. The van der Waals surface area contributed by atoms with E-state index in [1.165, 1.54) is 11.3 Å². The van der Waals surface area contributed by atoms with E-state index in [1.807, 2.05) is 54.1 Å². The van der Waals surface area contributed by atoms with Crippen molar-refractivity contribution in [1.29, 1.82) is 5.26 Å². The Morgan fingerprint density at radius 3 is 2.85 bits per heavy atom. The first-order valence-corrected chi connectivity index (χ1v) is 11.8. The zero-order chi connectivity index (χ0) is 23.9. The largest absolute Gasteiger partial charge is 0.493 e. The quantitative estimate of drug-likeness (QED) is 0.367. The van der Waals surface area contributed by atoms with E-state index < -0.39 is 5.91 Å². The molecule has 1 N–H and O–H groups in total. The summed E-state index contributed by atoms with van der Waals surface area (Å²) in [7, 11) is 1.61. The number of nitriles is 1. The van der Waals surface area contributed by atoms with E-state index in [4.69, 9.17) is 9.47 Å². The first-order chi connectivity index (χ1) is 16.6. The number of benzene rings is 1. The summed E-state index contributed by atoms with van der Waals surface area (Å²) < 4.78 is 13.2. The maximum Gasteiger partial charge on any atom is 0.268 e. The van der Waals surface area contributed by atoms with Crippen molar-refractivity contribution in [2.45, 2.75) is 26.3 Å². The molecule has 10 heteroatoms. The third kappa shape index (κ3) is 5.55. The van der Waals surface area contributed by atoms with Crippen LogP contribution >= 0.6 is 11.3 Å². The number of ether oxygens (including phenoxy) is 2. The van der Waals surface area contributed by atoms with Crippen LogP contribution in [0.25, 0.3) is 6.08 Å². The molecular formula is C24H26N6O3S. The first-order valence-electron chi connectivity index (χ1n) is 11.0. The molecule has 4 rings (SSSR count). The number of methoxy groups -OCH3 is 1. The third-order valence-electron chi connectivity index (χ3n) is 5.44. The average molecular weight is 479 g/mol. The topological polar surface area (TPSA) is 105 Å². The van der Waals surface area contributed by atoms with Crippen LogP contribution in [0.3, 0.4) is 0 Å². The summed E-state index contributed by atoms with van der Waals surface area (Å²) in [4.78, 5) is 14.8. The molecule has 2 aromatic heterocycles. The van der Waals surface area contributed by atoms with Gasteiger partial charge >= 0.3 is 0 Å². The number of nitrogens with zero attached hydrogens (tertiary/aromatic N) is 5. The summed E-state index contributed by atoms with van der Waals surface area (Å²) in [6.45, 7) is 4.82. The van der Waals surface area contributed by atoms with Gasteiger partial charge in [-0.1, -0.05) is 17.4 Å². The van der Waals surface area contributed by atoms with E-state index in [9.17, 15) is 10.1 Å². The van der Waals surface area contributed by atoms with Crippen LogP contribution in [-0.2, 0) is 11.3 Å². The Bertz CT molecular complexity index is 1220. The fraction of sp³-hybridized carbons (Fsp3) is 0.333. The molecule has 1 aliphatic rings. The van der Waals surface area contributed by atoms with Crippen molar-refractivity contribution in [3.05, 3.63) is 53.4 Å². The number of aryl methyl sites for hydroxylation is 1. The minimum absolute atomic E-state index is 0.0148. The van der Waals surface area contributed by atoms with Gasteiger partial charge in [0.25, 0.3) is 5.91 Å². The second kappa shape index (κ2) is 10.9. The molecule has 0 aliphatic carbocycles. The average Bonchev–Trinajstić information content (AvgIpc) is 3.60. The zero-order valence-corrected chi connectivity index (χ0v) is 20.0. The van der Waals surface area contributed by atoms with E-state index >= 15 is 0 Å². The van der Waals surface area contributed by atoms with E-state index in [1.54, 1.807) is 13.2 Å². The maximum atomic E-state index is 12.7. The van der Waals surface area contributed by atoms with Gasteiger partial charge in [0, 0.05) is 25.0 Å². The molecule has 1 aromatic carbocycles. The molecule has 0 unspecified atom stereocenters. The lowest BCUT2D eigenvalue weighted by atomic mass is 10.2. The molecule has 1 aliphatic heterocycles. The van der Waals surface area contributed by atoms with Crippen LogP contribution in [0.1, 0.15) is 24.1 Å². The number of aromatic nitrogens is 3. The van der Waals surface area contributed by atoms with Crippen molar-refractivity contribution < 1.29 is 14.3 Å². The minimum atomic E-state index is -0.514. The molecule has 176 valence electrons. The molecule has 34 heavy (non-hydrogen) atoms. The van der Waals surface area contributed by atoms with Gasteiger partial charge in [-0.25, -0.2) is 0 Å². The summed E-state index contributed by atoms with van der Waals surface area (Å²) in [5.41, 5.74) is 1.80. The number of hydrogen-bond donors (Lipinski definition) is 1. The van der Waals surface area contributed by atoms with Crippen molar-refractivity contribution in [2.75, 3.05) is 37.0 Å². The number of nitrogens with one attached hydrogen (secondary N) is 1. The van der Waals surface area contributed by atoms with Crippen LogP contribution < -0.4 is 19.7 Å². The molecule has 3 aromatic rings. The van der Waals surface area contributed by atoms with E-state index in [2.05, 4.69) is 20.4 Å². The summed E-state index contributed by atoms with van der Waals surface area (Å²) in [5, 5.41) is 21.6. The fourth-order valence-corrected chi connectivity index (χ4v) is 4.46. The Morgan fingerprint density at radius 2 is 2.09 bits per heavy atom. The summed E-state index contributed by atoms with van der Waals surface area (Å²) >= 11 is 1.31. The van der Waals surface area contributed by atoms with Crippen molar-refractivity contribution >= 4 is 33.6 Å². The molecule has 0 atom stereocenters. The standard InChI is InChI=1S/C24H26N6O3S/c1-17-7-8-20(21(14-17)32-2)33-13-12-29-11-5-6-19(29)15-18(16-25)22(31)26-23-27-28-24(34-23)30-9-3-4-10-30/h5-8,11,14-15H,3-4,9-10,12-13H2,1-2H3,(H,26,27,31)/b18-15-. The normalized spacial score (nSPS) is 13.6. The minimum Gasteiger partial charge on any atom is -0.493 e. The number of carbonyl (C=O) groups is 1. The summed E-state index contributed by atoms with van der Waals surface area (Å²) in [6, 6.07) is 11.4. The van der Waals surface area contributed by atoms with Gasteiger partial charge in [-0.05, 0) is 55.7 Å². The number of rotatable bonds is 9. The molecule has 1 fully saturated rings. The Hall–Kier alpha value is -3.84. The molecule has 1 saturated heterocycles. The zero-order valence-electron chi connectivity index (χ0n) is 19.2. The maximum absolute atomic E-state index is 12.7. The van der Waals surface area contributed by atoms with Crippen LogP contribution in [0.4, 0.5) is 10.3 Å². The smallest absolute Gasteiger partial charge is 0.268 e. The monoisotopic (exact) mass is 478 g/mol. The van der Waals surface area contributed by atoms with Crippen LogP contribution in [0.15, 0.2) is 42.1 Å². The Kier molecular flexibility index (Phi) is 7.44. The molecule has 0 radical (unpaired) electrons. The number of amides is 1. The second-order valence-electron chi connectivity index (χ2n) is 7.84. The summed E-state index contributed by atoms with van der Waals surface area (Å²) in [6.07, 6.45) is 5.70. The van der Waals surface area contributed by atoms with Crippen LogP contribution in [0.2, 0.25) is 0 Å². The van der Waals surface area contributed by atoms with E-state index in [0.717, 1.165) is 42.3 Å². The Labute approximate surface area is 202 Å². The van der Waals surface area contributed by atoms with Gasteiger partial charge in [0.05, 0.1) is 13.7 Å². The fourth-order valence-electron chi connectivity index (χ4n) is 3.67. The summed E-state index contributed by atoms with van der Waals surface area (Å²) in [5.74, 6) is 0.834. The predicted octanol–water partition coefficient (Wildman–Crippen LogP) is 3.88. The highest BCUT2D eigenvalue weighted by Crippen LogP contribution is 2.28. The Morgan fingerprint density at radius 1 is 1.26 bits per heavy atom. The van der Waals surface area contributed by atoms with Crippen LogP contribution in [0.5, 0.6) is 11.5 Å². The van der Waals surface area contributed by atoms with Crippen LogP contribution in [-0.4, -0.2) is 47.5 Å². The van der Waals surface area contributed by atoms with E-state index in [0.29, 0.717) is 29.8 Å². The number of anilines is 2. The van der Waals surface area contributed by atoms with Gasteiger partial charge in [0.2, 0.25) is 10.3 Å². The third-order valence-corrected chi connectivity index (χ3v) is 6.34. The Balaban J connectivity index is 1.39. The molecule has 1 amide bonds. The SMILES string of the molecule is COc1cc(C)ccc1OCCn1cccc1/C=C(/C#N)C(=O)Nc1nnc(N2CCCC2)s1. The van der Waals surface area contributed by atoms with Crippen molar-refractivity contribution in [2.24, 2.45) is 0 Å². The highest BCUT2D eigenvalue weighted by molar-refractivity contribution is 7.19. The molecule has 0 spiro atoms. The molecule has 3 heterocycles. The lowest BCUT2D eigenvalue weighted by Gasteiger charge is -2.12. The van der Waals surface area contributed by atoms with E-state index in [-0.39, 0.29) is 5.57 Å². The predicted molar refractivity (Wildman–Crippen MR) is 131 cm³/mol. The van der Waals surface area contributed by atoms with Gasteiger partial charge in [-0.15, -0.1) is 10.2 Å². The van der Waals surface area contributed by atoms with Crippen molar-refractivity contribution in [3.63, 3.8) is 0 Å². The second-order valence-corrected chi connectivity index (χ2v) is 8.79. The number of carbonyl (C=O) groups excluding carboxylic acids is 1. The highest BCUT2D eigenvalue weighted by atomic mass is 32.1. The van der Waals surface area contributed by atoms with Gasteiger partial charge < -0.3 is 18.9 Å².